The fraction of sp³-hybridized carbons (Fsp3) is 0. The number of fused-ring (bicyclic) bond motifs is 16. The van der Waals surface area contributed by atoms with Gasteiger partial charge in [-0.2, -0.15) is 0 Å². The van der Waals surface area contributed by atoms with Crippen molar-refractivity contribution >= 4 is 103 Å². The first kappa shape index (κ1) is 31.2. The van der Waals surface area contributed by atoms with Gasteiger partial charge in [0.15, 0.2) is 0 Å². The van der Waals surface area contributed by atoms with Gasteiger partial charge in [-0.05, 0) is 83.1 Å². The van der Waals surface area contributed by atoms with E-state index in [1.807, 2.05) is 0 Å². The minimum absolute atomic E-state index is 0.924. The maximum atomic E-state index is 5.69. The molecule has 4 nitrogen and oxygen atoms in total. The van der Waals surface area contributed by atoms with Crippen LogP contribution in [0.4, 0.5) is 0 Å². The molecule has 0 N–H and O–H groups in total. The van der Waals surface area contributed by atoms with Crippen molar-refractivity contribution in [1.82, 2.24) is 18.5 Å². The Morgan fingerprint density at radius 2 is 0.966 bits per heavy atom. The quantitative estimate of drug-likeness (QED) is 0.177. The Kier molecular flexibility index (Phi) is 5.99. The number of nitrogens with zero attached hydrogens (tertiary/aromatic N) is 4. The molecule has 0 amide bonds. The van der Waals surface area contributed by atoms with Crippen LogP contribution >= 0.6 is 0 Å². The first-order valence-electron chi connectivity index (χ1n) is 20.3. The van der Waals surface area contributed by atoms with E-state index in [1.165, 1.54) is 87.0 Å². The van der Waals surface area contributed by atoms with Gasteiger partial charge in [-0.1, -0.05) is 127 Å². The molecule has 0 aliphatic heterocycles. The second kappa shape index (κ2) is 11.3. The lowest BCUT2D eigenvalue weighted by atomic mass is 10.00. The monoisotopic (exact) mass is 748 g/mol. The fourth-order valence-corrected chi connectivity index (χ4v) is 10.5. The first-order chi connectivity index (χ1) is 29.3. The molecule has 0 radical (unpaired) electrons. The van der Waals surface area contributed by atoms with Crippen LogP contribution in [0.25, 0.3) is 126 Å². The maximum absolute atomic E-state index is 5.69. The van der Waals surface area contributed by atoms with Crippen LogP contribution in [0.5, 0.6) is 0 Å². The summed E-state index contributed by atoms with van der Waals surface area (Å²) in [6.45, 7) is 0. The van der Waals surface area contributed by atoms with Crippen LogP contribution in [0.3, 0.4) is 0 Å². The van der Waals surface area contributed by atoms with Crippen LogP contribution in [0.15, 0.2) is 194 Å². The Bertz CT molecular complexity index is 4070. The zero-order chi connectivity index (χ0) is 38.3. The number of rotatable bonds is 3. The van der Waals surface area contributed by atoms with Crippen molar-refractivity contribution in [3.05, 3.63) is 194 Å². The van der Waals surface area contributed by atoms with Gasteiger partial charge < -0.3 is 8.97 Å². The molecule has 0 atom stereocenters. The van der Waals surface area contributed by atoms with E-state index < -0.39 is 0 Å². The minimum Gasteiger partial charge on any atom is -0.309 e. The molecule has 14 rings (SSSR count). The summed E-state index contributed by atoms with van der Waals surface area (Å²) >= 11 is 0. The fourth-order valence-electron chi connectivity index (χ4n) is 10.5. The normalized spacial score (nSPS) is 12.4. The topological polar surface area (TPSA) is 27.2 Å². The average Bonchev–Trinajstić information content (AvgIpc) is 4.03. The Labute approximate surface area is 337 Å². The standard InChI is InChI=1S/C55H32N4/c1-2-16-36(17-3-1)57-46-23-11-7-19-38(46)42-30-34(27-28-49(42)57)41-31-35-15-5-10-22-45(35)56-55(41)59-50-29-26-33-14-4-6-18-37(33)51(50)44-32-43-39-20-8-12-24-47(39)58-48-25-13-9-21-40(48)52(53(43)58)54(44)59/h1-32H. The van der Waals surface area contributed by atoms with Crippen LogP contribution < -0.4 is 0 Å². The van der Waals surface area contributed by atoms with Crippen molar-refractivity contribution in [2.75, 3.05) is 0 Å². The van der Waals surface area contributed by atoms with Crippen LogP contribution in [-0.2, 0) is 0 Å². The molecule has 5 aromatic heterocycles. The highest BCUT2D eigenvalue weighted by Crippen LogP contribution is 2.49. The van der Waals surface area contributed by atoms with E-state index in [4.69, 9.17) is 4.98 Å². The molecule has 272 valence electrons. The van der Waals surface area contributed by atoms with Crippen molar-refractivity contribution < 1.29 is 0 Å². The molecule has 0 saturated carbocycles. The van der Waals surface area contributed by atoms with Crippen LogP contribution in [0.2, 0.25) is 0 Å². The molecule has 0 aliphatic rings. The minimum atomic E-state index is 0.924. The number of pyridine rings is 1. The highest BCUT2D eigenvalue weighted by Gasteiger charge is 2.27. The van der Waals surface area contributed by atoms with Gasteiger partial charge >= 0.3 is 0 Å². The summed E-state index contributed by atoms with van der Waals surface area (Å²) in [6, 6.07) is 71.0. The lowest BCUT2D eigenvalue weighted by Crippen LogP contribution is -2.02. The third-order valence-corrected chi connectivity index (χ3v) is 12.9. The molecule has 59 heavy (non-hydrogen) atoms. The number of para-hydroxylation sites is 5. The third kappa shape index (κ3) is 4.04. The van der Waals surface area contributed by atoms with Crippen LogP contribution in [0, 0.1) is 0 Å². The Hall–Kier alpha value is -7.95. The Morgan fingerprint density at radius 3 is 1.80 bits per heavy atom. The largest absolute Gasteiger partial charge is 0.309 e. The molecule has 4 heteroatoms. The van der Waals surface area contributed by atoms with Crippen molar-refractivity contribution in [3.63, 3.8) is 0 Å². The molecule has 0 bridgehead atoms. The number of benzene rings is 9. The summed E-state index contributed by atoms with van der Waals surface area (Å²) in [5.74, 6) is 0.924. The molecule has 0 saturated heterocycles. The van der Waals surface area contributed by atoms with E-state index in [-0.39, 0.29) is 0 Å². The molecular formula is C55H32N4. The number of hydrogen-bond donors (Lipinski definition) is 0. The van der Waals surface area contributed by atoms with Gasteiger partial charge in [0, 0.05) is 59.7 Å². The lowest BCUT2D eigenvalue weighted by Gasteiger charge is -2.16. The highest BCUT2D eigenvalue weighted by atomic mass is 15.1. The van der Waals surface area contributed by atoms with Gasteiger partial charge in [-0.15, -0.1) is 0 Å². The molecular weight excluding hydrogens is 717 g/mol. The highest BCUT2D eigenvalue weighted by molar-refractivity contribution is 6.36. The van der Waals surface area contributed by atoms with Crippen molar-refractivity contribution in [3.8, 4) is 22.6 Å². The molecule has 5 heterocycles. The Balaban J connectivity index is 1.18. The number of hydrogen-bond acceptors (Lipinski definition) is 1. The van der Waals surface area contributed by atoms with Gasteiger partial charge in [0.25, 0.3) is 0 Å². The van der Waals surface area contributed by atoms with Gasteiger partial charge in [0.2, 0.25) is 0 Å². The van der Waals surface area contributed by atoms with Crippen molar-refractivity contribution in [2.45, 2.75) is 0 Å². The van der Waals surface area contributed by atoms with Crippen molar-refractivity contribution in [2.24, 2.45) is 0 Å². The molecule has 14 aromatic rings. The van der Waals surface area contributed by atoms with E-state index in [1.54, 1.807) is 0 Å². The molecule has 0 fully saturated rings. The molecule has 0 unspecified atom stereocenters. The second-order valence-electron chi connectivity index (χ2n) is 15.9. The van der Waals surface area contributed by atoms with E-state index in [9.17, 15) is 0 Å². The van der Waals surface area contributed by atoms with Gasteiger partial charge in [0.1, 0.15) is 5.82 Å². The summed E-state index contributed by atoms with van der Waals surface area (Å²) in [4.78, 5) is 5.69. The smallest absolute Gasteiger partial charge is 0.146 e. The van der Waals surface area contributed by atoms with Crippen LogP contribution in [0.1, 0.15) is 0 Å². The summed E-state index contributed by atoms with van der Waals surface area (Å²) in [6.07, 6.45) is 0. The first-order valence-corrected chi connectivity index (χ1v) is 20.3. The third-order valence-electron chi connectivity index (χ3n) is 12.9. The van der Waals surface area contributed by atoms with Gasteiger partial charge in [-0.25, -0.2) is 4.98 Å². The lowest BCUT2D eigenvalue weighted by molar-refractivity contribution is 1.11. The predicted octanol–water partition coefficient (Wildman–Crippen LogP) is 14.4. The Morgan fingerprint density at radius 1 is 0.339 bits per heavy atom. The molecule has 9 aromatic carbocycles. The van der Waals surface area contributed by atoms with Gasteiger partial charge in [-0.3, -0.25) is 4.57 Å². The van der Waals surface area contributed by atoms with Crippen LogP contribution in [-0.4, -0.2) is 18.5 Å². The van der Waals surface area contributed by atoms with E-state index in [2.05, 4.69) is 208 Å². The summed E-state index contributed by atoms with van der Waals surface area (Å²) in [5, 5.41) is 13.6. The van der Waals surface area contributed by atoms with E-state index in [0.29, 0.717) is 0 Å². The van der Waals surface area contributed by atoms with Crippen molar-refractivity contribution in [1.29, 1.82) is 0 Å². The molecule has 0 spiro atoms. The summed E-state index contributed by atoms with van der Waals surface area (Å²) in [5.41, 5.74) is 12.7. The average molecular weight is 749 g/mol. The van der Waals surface area contributed by atoms with E-state index >= 15 is 0 Å². The zero-order valence-corrected chi connectivity index (χ0v) is 31.8. The summed E-state index contributed by atoms with van der Waals surface area (Å²) < 4.78 is 7.37. The maximum Gasteiger partial charge on any atom is 0.146 e. The van der Waals surface area contributed by atoms with Gasteiger partial charge in [0.05, 0.1) is 44.1 Å². The second-order valence-corrected chi connectivity index (χ2v) is 15.9. The SMILES string of the molecule is c1ccc(-n2c3ccccc3c3cc(-c4cc5ccccc5nc4-n4c5ccc6ccccc6c5c5cc6c7ccccc7n7c8ccccc8c(c54)c67)ccc32)cc1. The summed E-state index contributed by atoms with van der Waals surface area (Å²) in [7, 11) is 0. The molecule has 0 aliphatic carbocycles. The predicted molar refractivity (Wildman–Crippen MR) is 248 cm³/mol. The zero-order valence-electron chi connectivity index (χ0n) is 31.8. The van der Waals surface area contributed by atoms with E-state index in [0.717, 1.165) is 39.1 Å². The number of aromatic nitrogens is 4.